The zero-order valence-corrected chi connectivity index (χ0v) is 13.4. The predicted molar refractivity (Wildman–Crippen MR) is 90.8 cm³/mol. The molecule has 2 rings (SSSR count). The number of nitrogens with zero attached hydrogens (tertiary/aromatic N) is 3. The summed E-state index contributed by atoms with van der Waals surface area (Å²) in [6.45, 7) is 0. The van der Waals surface area contributed by atoms with Gasteiger partial charge in [0.25, 0.3) is 0 Å². The second-order valence-electron chi connectivity index (χ2n) is 5.60. The summed E-state index contributed by atoms with van der Waals surface area (Å²) in [6.07, 6.45) is 3.10. The smallest absolute Gasteiger partial charge is 0.303 e. The number of hydrogen-bond donors (Lipinski definition) is 2. The minimum absolute atomic E-state index is 0.00147. The van der Waals surface area contributed by atoms with E-state index in [1.54, 1.807) is 12.3 Å². The minimum atomic E-state index is -0.790. The van der Waals surface area contributed by atoms with Gasteiger partial charge in [0.2, 0.25) is 5.95 Å². The Labute approximate surface area is 136 Å². The van der Waals surface area contributed by atoms with Crippen molar-refractivity contribution in [2.45, 2.75) is 25.3 Å². The van der Waals surface area contributed by atoms with Crippen LogP contribution in [-0.2, 0) is 11.2 Å². The molecule has 0 radical (unpaired) electrons. The number of anilines is 2. The van der Waals surface area contributed by atoms with E-state index in [0.29, 0.717) is 18.2 Å². The van der Waals surface area contributed by atoms with E-state index in [0.717, 1.165) is 12.0 Å². The Bertz CT molecular complexity index is 632. The summed E-state index contributed by atoms with van der Waals surface area (Å²) in [5, 5.41) is 12.3. The van der Waals surface area contributed by atoms with Crippen LogP contribution in [0.1, 0.15) is 18.4 Å². The van der Waals surface area contributed by atoms with Crippen LogP contribution in [-0.4, -0.2) is 41.2 Å². The van der Waals surface area contributed by atoms with Gasteiger partial charge in [-0.05, 0) is 24.5 Å². The second-order valence-corrected chi connectivity index (χ2v) is 5.60. The molecule has 6 heteroatoms. The predicted octanol–water partition coefficient (Wildman–Crippen LogP) is 2.43. The lowest BCUT2D eigenvalue weighted by molar-refractivity contribution is -0.137. The number of rotatable bonds is 8. The van der Waals surface area contributed by atoms with Crippen molar-refractivity contribution in [1.82, 2.24) is 9.97 Å². The molecular weight excluding hydrogens is 292 g/mol. The lowest BCUT2D eigenvalue weighted by atomic mass is 10.0. The van der Waals surface area contributed by atoms with Crippen molar-refractivity contribution in [2.75, 3.05) is 24.3 Å². The molecule has 6 nitrogen and oxygen atoms in total. The van der Waals surface area contributed by atoms with Gasteiger partial charge in [-0.1, -0.05) is 30.3 Å². The molecule has 0 aliphatic carbocycles. The first-order valence-corrected chi connectivity index (χ1v) is 7.57. The first kappa shape index (κ1) is 16.7. The zero-order valence-electron chi connectivity index (χ0n) is 13.4. The first-order chi connectivity index (χ1) is 11.0. The fourth-order valence-corrected chi connectivity index (χ4v) is 2.27. The summed E-state index contributed by atoms with van der Waals surface area (Å²) >= 11 is 0. The van der Waals surface area contributed by atoms with E-state index in [4.69, 9.17) is 5.11 Å². The molecule has 0 saturated heterocycles. The Hall–Kier alpha value is -2.63. The van der Waals surface area contributed by atoms with Gasteiger partial charge in [-0.25, -0.2) is 4.98 Å². The summed E-state index contributed by atoms with van der Waals surface area (Å²) < 4.78 is 0. The van der Waals surface area contributed by atoms with Crippen LogP contribution in [0, 0.1) is 0 Å². The molecule has 0 fully saturated rings. The molecule has 1 heterocycles. The van der Waals surface area contributed by atoms with E-state index in [9.17, 15) is 4.79 Å². The van der Waals surface area contributed by atoms with E-state index >= 15 is 0 Å². The molecule has 1 unspecified atom stereocenters. The topological polar surface area (TPSA) is 78.4 Å². The van der Waals surface area contributed by atoms with Crippen molar-refractivity contribution >= 4 is 17.7 Å². The van der Waals surface area contributed by atoms with Crippen molar-refractivity contribution in [1.29, 1.82) is 0 Å². The molecule has 1 aromatic heterocycles. The summed E-state index contributed by atoms with van der Waals surface area (Å²) in [5.41, 5.74) is 1.16. The number of aromatic nitrogens is 2. The lowest BCUT2D eigenvalue weighted by Gasteiger charge is -2.20. The standard InChI is InChI=1S/C17H22N4O2/c1-21(2)17-18-11-10-15(20-17)19-14(8-9-16(22)23)12-13-6-4-3-5-7-13/h3-7,10-11,14H,8-9,12H2,1-2H3,(H,22,23)(H,18,19,20). The number of carbonyl (C=O) groups is 1. The molecule has 122 valence electrons. The molecule has 2 aromatic rings. The van der Waals surface area contributed by atoms with Gasteiger partial charge in [0.15, 0.2) is 0 Å². The fraction of sp³-hybridized carbons (Fsp3) is 0.353. The van der Waals surface area contributed by atoms with Crippen molar-refractivity contribution in [3.63, 3.8) is 0 Å². The monoisotopic (exact) mass is 314 g/mol. The van der Waals surface area contributed by atoms with Crippen LogP contribution in [0.15, 0.2) is 42.6 Å². The van der Waals surface area contributed by atoms with Gasteiger partial charge in [0.1, 0.15) is 5.82 Å². The summed E-state index contributed by atoms with van der Waals surface area (Å²) in [5.74, 6) is 0.531. The van der Waals surface area contributed by atoms with E-state index in [2.05, 4.69) is 15.3 Å². The second kappa shape index (κ2) is 8.12. The Morgan fingerprint density at radius 2 is 2.00 bits per heavy atom. The highest BCUT2D eigenvalue weighted by Gasteiger charge is 2.13. The summed E-state index contributed by atoms with van der Waals surface area (Å²) in [4.78, 5) is 21.3. The van der Waals surface area contributed by atoms with Gasteiger partial charge < -0.3 is 15.3 Å². The van der Waals surface area contributed by atoms with Crippen molar-refractivity contribution in [3.05, 3.63) is 48.2 Å². The van der Waals surface area contributed by atoms with Crippen molar-refractivity contribution in [3.8, 4) is 0 Å². The van der Waals surface area contributed by atoms with Gasteiger partial charge in [-0.2, -0.15) is 4.98 Å². The first-order valence-electron chi connectivity index (χ1n) is 7.57. The maximum Gasteiger partial charge on any atom is 0.303 e. The highest BCUT2D eigenvalue weighted by atomic mass is 16.4. The van der Waals surface area contributed by atoms with Crippen molar-refractivity contribution in [2.24, 2.45) is 0 Å². The largest absolute Gasteiger partial charge is 0.481 e. The quantitative estimate of drug-likeness (QED) is 0.779. The number of nitrogens with one attached hydrogen (secondary N) is 1. The van der Waals surface area contributed by atoms with Crippen LogP contribution in [0.3, 0.4) is 0 Å². The van der Waals surface area contributed by atoms with E-state index in [1.807, 2.05) is 49.3 Å². The van der Waals surface area contributed by atoms with E-state index in [-0.39, 0.29) is 12.5 Å². The summed E-state index contributed by atoms with van der Waals surface area (Å²) in [6, 6.07) is 11.8. The van der Waals surface area contributed by atoms with Gasteiger partial charge in [0, 0.05) is 32.8 Å². The van der Waals surface area contributed by atoms with Gasteiger partial charge >= 0.3 is 5.97 Å². The maximum absolute atomic E-state index is 10.9. The molecule has 0 aliphatic heterocycles. The third kappa shape index (κ3) is 5.58. The average molecular weight is 314 g/mol. The molecule has 1 aromatic carbocycles. The maximum atomic E-state index is 10.9. The molecule has 0 spiro atoms. The SMILES string of the molecule is CN(C)c1nccc(NC(CCC(=O)O)Cc2ccccc2)n1. The van der Waals surface area contributed by atoms with Crippen LogP contribution in [0.5, 0.6) is 0 Å². The molecule has 2 N–H and O–H groups in total. The molecule has 0 aliphatic rings. The molecule has 0 amide bonds. The Morgan fingerprint density at radius 1 is 1.26 bits per heavy atom. The van der Waals surface area contributed by atoms with Crippen LogP contribution >= 0.6 is 0 Å². The molecule has 0 bridgehead atoms. The molecule has 1 atom stereocenters. The third-order valence-corrected chi connectivity index (χ3v) is 3.43. The van der Waals surface area contributed by atoms with Gasteiger partial charge in [-0.15, -0.1) is 0 Å². The fourth-order valence-electron chi connectivity index (χ4n) is 2.27. The van der Waals surface area contributed by atoms with Gasteiger partial charge in [0.05, 0.1) is 0 Å². The highest BCUT2D eigenvalue weighted by molar-refractivity contribution is 5.66. The third-order valence-electron chi connectivity index (χ3n) is 3.43. The van der Waals surface area contributed by atoms with Crippen LogP contribution in [0.25, 0.3) is 0 Å². The zero-order chi connectivity index (χ0) is 16.7. The number of hydrogen-bond acceptors (Lipinski definition) is 5. The van der Waals surface area contributed by atoms with Crippen LogP contribution in [0.4, 0.5) is 11.8 Å². The summed E-state index contributed by atoms with van der Waals surface area (Å²) in [7, 11) is 3.76. The van der Waals surface area contributed by atoms with E-state index < -0.39 is 5.97 Å². The molecule has 0 saturated carbocycles. The van der Waals surface area contributed by atoms with Crippen LogP contribution in [0.2, 0.25) is 0 Å². The minimum Gasteiger partial charge on any atom is -0.481 e. The van der Waals surface area contributed by atoms with Crippen LogP contribution < -0.4 is 10.2 Å². The molecule has 23 heavy (non-hydrogen) atoms. The number of aliphatic carboxylic acids is 1. The number of benzene rings is 1. The number of carboxylic acids is 1. The van der Waals surface area contributed by atoms with Crippen molar-refractivity contribution < 1.29 is 9.90 Å². The van der Waals surface area contributed by atoms with E-state index in [1.165, 1.54) is 0 Å². The molecular formula is C17H22N4O2. The highest BCUT2D eigenvalue weighted by Crippen LogP contribution is 2.15. The van der Waals surface area contributed by atoms with Gasteiger partial charge in [-0.3, -0.25) is 4.79 Å². The normalized spacial score (nSPS) is 11.7. The Kier molecular flexibility index (Phi) is 5.91. The Morgan fingerprint density at radius 3 is 2.65 bits per heavy atom. The lowest BCUT2D eigenvalue weighted by Crippen LogP contribution is -2.24. The Balaban J connectivity index is 2.10. The number of carboxylic acid groups (broad SMARTS) is 1. The average Bonchev–Trinajstić information content (AvgIpc) is 2.54.